The fraction of sp³-hybridized carbons (Fsp3) is 0.333. The van der Waals surface area contributed by atoms with E-state index in [2.05, 4.69) is 9.71 Å². The third kappa shape index (κ3) is 4.18. The highest BCUT2D eigenvalue weighted by molar-refractivity contribution is 7.91. The van der Waals surface area contributed by atoms with Crippen molar-refractivity contribution < 1.29 is 26.7 Å². The van der Waals surface area contributed by atoms with Crippen molar-refractivity contribution in [3.05, 3.63) is 59.2 Å². The number of anilines is 2. The number of sulfonamides is 1. The van der Waals surface area contributed by atoms with Gasteiger partial charge in [0.1, 0.15) is 16.2 Å². The molecular weight excluding hydrogens is 504 g/mol. The van der Waals surface area contributed by atoms with Crippen LogP contribution in [-0.4, -0.2) is 33.6 Å². The minimum Gasteiger partial charge on any atom is -0.506 e. The fourth-order valence-electron chi connectivity index (χ4n) is 5.52. The smallest absolute Gasteiger partial charge is 0.296 e. The number of carbonyl (C=O) groups excluding carboxylic acids is 1. The summed E-state index contributed by atoms with van der Waals surface area (Å²) in [5.41, 5.74) is 0.0493. The second-order valence-electron chi connectivity index (χ2n) is 9.68. The molecule has 12 heteroatoms. The number of Topliss-reactive ketones (excluding diaryl/α,β-unsaturated/α-hetero) is 1. The van der Waals surface area contributed by atoms with E-state index in [0.717, 1.165) is 31.7 Å². The first-order chi connectivity index (χ1) is 16.9. The summed E-state index contributed by atoms with van der Waals surface area (Å²) < 4.78 is 54.7. The van der Waals surface area contributed by atoms with E-state index in [1.54, 1.807) is 12.1 Å². The van der Waals surface area contributed by atoms with Gasteiger partial charge in [-0.15, -0.1) is 4.40 Å². The highest BCUT2D eigenvalue weighted by Crippen LogP contribution is 2.46. The van der Waals surface area contributed by atoms with Crippen molar-refractivity contribution in [2.24, 2.45) is 15.5 Å². The van der Waals surface area contributed by atoms with E-state index in [4.69, 9.17) is 5.14 Å². The first kappa shape index (κ1) is 24.5. The van der Waals surface area contributed by atoms with Crippen molar-refractivity contribution in [2.75, 3.05) is 10.0 Å². The lowest BCUT2D eigenvalue weighted by molar-refractivity contribution is -0.120. The average molecular weight is 531 g/mol. The number of ketones is 1. The van der Waals surface area contributed by atoms with E-state index in [9.17, 15) is 26.7 Å². The second-order valence-corrected chi connectivity index (χ2v) is 12.5. The zero-order valence-corrected chi connectivity index (χ0v) is 21.1. The molecule has 1 unspecified atom stereocenters. The average Bonchev–Trinajstić information content (AvgIpc) is 3.30. The molecule has 190 valence electrons. The van der Waals surface area contributed by atoms with E-state index in [1.165, 1.54) is 12.1 Å². The lowest BCUT2D eigenvalue weighted by Gasteiger charge is -2.37. The van der Waals surface area contributed by atoms with Crippen molar-refractivity contribution in [1.82, 2.24) is 0 Å². The molecule has 3 aliphatic rings. The molecule has 1 saturated carbocycles. The minimum atomic E-state index is -4.35. The largest absolute Gasteiger partial charge is 0.506 e. The topological polar surface area (TPSA) is 168 Å². The molecule has 2 aromatic carbocycles. The van der Waals surface area contributed by atoms with Gasteiger partial charge in [0.2, 0.25) is 0 Å². The number of benzene rings is 2. The Kier molecular flexibility index (Phi) is 5.73. The van der Waals surface area contributed by atoms with Gasteiger partial charge in [-0.3, -0.25) is 9.52 Å². The van der Waals surface area contributed by atoms with E-state index >= 15 is 0 Å². The van der Waals surface area contributed by atoms with Crippen molar-refractivity contribution in [3.63, 3.8) is 0 Å². The molecule has 1 fully saturated rings. The van der Waals surface area contributed by atoms with Crippen molar-refractivity contribution >= 4 is 49.0 Å². The fourth-order valence-corrected chi connectivity index (χ4v) is 7.12. The maximum absolute atomic E-state index is 14.0. The summed E-state index contributed by atoms with van der Waals surface area (Å²) in [6, 6.07) is 10.9. The summed E-state index contributed by atoms with van der Waals surface area (Å²) in [6.07, 6.45) is 4.84. The molecule has 0 radical (unpaired) electrons. The van der Waals surface area contributed by atoms with Crippen LogP contribution < -0.4 is 15.2 Å². The summed E-state index contributed by atoms with van der Waals surface area (Å²) >= 11 is 0. The number of fused-ring (bicyclic) bond motifs is 2. The first-order valence-electron chi connectivity index (χ1n) is 11.5. The van der Waals surface area contributed by atoms with Crippen LogP contribution in [0.1, 0.15) is 50.2 Å². The predicted molar refractivity (Wildman–Crippen MR) is 136 cm³/mol. The Hall–Kier alpha value is -3.22. The lowest BCUT2D eigenvalue weighted by Crippen LogP contribution is -2.43. The maximum Gasteiger partial charge on any atom is 0.296 e. The van der Waals surface area contributed by atoms with Gasteiger partial charge in [0.25, 0.3) is 20.2 Å². The van der Waals surface area contributed by atoms with Crippen LogP contribution in [0, 0.1) is 5.92 Å². The van der Waals surface area contributed by atoms with E-state index < -0.39 is 31.4 Å². The molecule has 2 aromatic rings. The zero-order valence-electron chi connectivity index (χ0n) is 19.5. The van der Waals surface area contributed by atoms with Crippen molar-refractivity contribution in [3.8, 4) is 0 Å². The third-order valence-corrected chi connectivity index (χ3v) is 8.97. The van der Waals surface area contributed by atoms with E-state index in [-0.39, 0.29) is 33.4 Å². The van der Waals surface area contributed by atoms with Crippen LogP contribution in [0.3, 0.4) is 0 Å². The number of nitrogens with zero attached hydrogens (tertiary/aromatic N) is 1. The number of rotatable bonds is 5. The molecule has 0 aromatic heterocycles. The molecule has 36 heavy (non-hydrogen) atoms. The third-order valence-electron chi connectivity index (χ3n) is 7.13. The lowest BCUT2D eigenvalue weighted by atomic mass is 9.65. The summed E-state index contributed by atoms with van der Waals surface area (Å²) in [7, 11) is -8.47. The number of nitrogens with one attached hydrogen (secondary N) is 2. The maximum atomic E-state index is 14.0. The molecule has 1 heterocycles. The number of carbonyl (C=O) groups is 1. The number of amidine groups is 1. The van der Waals surface area contributed by atoms with Crippen LogP contribution in [0.4, 0.5) is 11.4 Å². The number of aliphatic hydroxyl groups is 1. The van der Waals surface area contributed by atoms with Gasteiger partial charge in [0.05, 0.1) is 16.8 Å². The number of nitrogens with two attached hydrogens (primary N) is 1. The van der Waals surface area contributed by atoms with Crippen LogP contribution in [-0.2, 0) is 30.4 Å². The molecule has 5 N–H and O–H groups in total. The molecule has 0 amide bonds. The molecule has 0 spiro atoms. The Bertz CT molecular complexity index is 1560. The van der Waals surface area contributed by atoms with Gasteiger partial charge < -0.3 is 10.4 Å². The predicted octanol–water partition coefficient (Wildman–Crippen LogP) is 3.20. The molecule has 2 aliphatic carbocycles. The summed E-state index contributed by atoms with van der Waals surface area (Å²) in [5, 5.41) is 19.0. The molecule has 1 atom stereocenters. The van der Waals surface area contributed by atoms with Gasteiger partial charge in [-0.25, -0.2) is 5.14 Å². The Morgan fingerprint density at radius 2 is 1.89 bits per heavy atom. The highest BCUT2D eigenvalue weighted by atomic mass is 32.2. The van der Waals surface area contributed by atoms with E-state index in [0.29, 0.717) is 23.5 Å². The molecule has 0 saturated heterocycles. The Balaban J connectivity index is 1.61. The van der Waals surface area contributed by atoms with Gasteiger partial charge in [-0.05, 0) is 43.0 Å². The summed E-state index contributed by atoms with van der Waals surface area (Å²) in [5.74, 6) is -0.659. The normalized spacial score (nSPS) is 23.5. The van der Waals surface area contributed by atoms with Crippen LogP contribution in [0.2, 0.25) is 0 Å². The molecule has 5 rings (SSSR count). The van der Waals surface area contributed by atoms with Gasteiger partial charge in [0.15, 0.2) is 11.6 Å². The number of hydrogen-bond donors (Lipinski definition) is 4. The molecule has 1 aliphatic heterocycles. The van der Waals surface area contributed by atoms with Crippen molar-refractivity contribution in [2.45, 2.75) is 49.3 Å². The van der Waals surface area contributed by atoms with Crippen LogP contribution in [0.15, 0.2) is 57.3 Å². The Labute approximate surface area is 209 Å². The first-order valence-corrected chi connectivity index (χ1v) is 14.5. The van der Waals surface area contributed by atoms with Gasteiger partial charge in [0, 0.05) is 5.56 Å². The molecule has 0 bridgehead atoms. The van der Waals surface area contributed by atoms with Gasteiger partial charge in [-0.1, -0.05) is 49.9 Å². The minimum absolute atomic E-state index is 0.0610. The van der Waals surface area contributed by atoms with E-state index in [1.807, 2.05) is 23.8 Å². The van der Waals surface area contributed by atoms with Crippen LogP contribution in [0.25, 0.3) is 5.76 Å². The second kappa shape index (κ2) is 8.43. The molecular formula is C24H26N4O6S2. The number of aliphatic hydroxyl groups excluding tert-OH is 1. The van der Waals surface area contributed by atoms with Crippen molar-refractivity contribution in [1.29, 1.82) is 0 Å². The summed E-state index contributed by atoms with van der Waals surface area (Å²) in [4.78, 5) is 13.7. The van der Waals surface area contributed by atoms with Gasteiger partial charge >= 0.3 is 0 Å². The highest BCUT2D eigenvalue weighted by Gasteiger charge is 2.47. The SMILES string of the molecule is CC1(CC2CCCC2)C(=O)C(C2=NS(=O)(=O)c3cc(NS(N)(=O)=O)ccc3N2)=C(O)c2ccccc21. The van der Waals surface area contributed by atoms with Crippen LogP contribution >= 0.6 is 0 Å². The molecule has 10 nitrogen and oxygen atoms in total. The summed E-state index contributed by atoms with van der Waals surface area (Å²) in [6.45, 7) is 1.84. The zero-order chi connectivity index (χ0) is 25.9. The van der Waals surface area contributed by atoms with Gasteiger partial charge in [-0.2, -0.15) is 16.8 Å². The standard InChI is InChI=1S/C24H26N4O6S2/c1-24(13-14-6-2-3-7-14)17-9-5-4-8-16(17)21(29)20(22(24)30)23-26-18-11-10-15(27-36(25,33)34)12-19(18)35(31,32)28-23/h4-5,8-12,14,27,29H,2-3,6-7,13H2,1H3,(H,26,28)(H2,25,33,34). The van der Waals surface area contributed by atoms with Crippen LogP contribution in [0.5, 0.6) is 0 Å². The quantitative estimate of drug-likeness (QED) is 0.460. The monoisotopic (exact) mass is 530 g/mol. The Morgan fingerprint density at radius 3 is 2.58 bits per heavy atom. The number of hydrogen-bond acceptors (Lipinski definition) is 7. The Morgan fingerprint density at radius 1 is 1.19 bits per heavy atom.